The Hall–Kier alpha value is -3.65. The Morgan fingerprint density at radius 1 is 0.929 bits per heavy atom. The van der Waals surface area contributed by atoms with Gasteiger partial charge >= 0.3 is 6.03 Å². The van der Waals surface area contributed by atoms with E-state index in [-0.39, 0.29) is 11.9 Å². The summed E-state index contributed by atoms with van der Waals surface area (Å²) < 4.78 is 5.48. The fourth-order valence-electron chi connectivity index (χ4n) is 2.63. The van der Waals surface area contributed by atoms with E-state index in [1.807, 2.05) is 18.2 Å². The third kappa shape index (κ3) is 4.02. The number of hydrogen-bond donors (Lipinski definition) is 3. The van der Waals surface area contributed by atoms with Gasteiger partial charge in [0.05, 0.1) is 9.88 Å². The van der Waals surface area contributed by atoms with Gasteiger partial charge in [-0.25, -0.2) is 9.78 Å². The number of nitrogens with one attached hydrogen (secondary N) is 3. The molecule has 0 aliphatic carbocycles. The summed E-state index contributed by atoms with van der Waals surface area (Å²) in [6.07, 6.45) is 0. The van der Waals surface area contributed by atoms with Crippen LogP contribution in [0.5, 0.6) is 0 Å². The molecule has 2 aromatic heterocycles. The normalized spacial score (nSPS) is 10.6. The molecule has 4 rings (SSSR count). The highest BCUT2D eigenvalue weighted by Crippen LogP contribution is 2.25. The SMILES string of the molecule is Cc1nc2ccc(NC(=O)c3ccc(NC(=O)Nc4ccccc4)s3)cc2o1. The molecule has 0 radical (unpaired) electrons. The first-order valence-electron chi connectivity index (χ1n) is 8.48. The van der Waals surface area contributed by atoms with Crippen molar-refractivity contribution in [3.05, 3.63) is 71.4 Å². The predicted molar refractivity (Wildman–Crippen MR) is 110 cm³/mol. The fraction of sp³-hybridized carbons (Fsp3) is 0.0500. The first kappa shape index (κ1) is 17.7. The maximum atomic E-state index is 12.5. The van der Waals surface area contributed by atoms with Gasteiger partial charge in [0.1, 0.15) is 5.52 Å². The maximum absolute atomic E-state index is 12.5. The van der Waals surface area contributed by atoms with E-state index >= 15 is 0 Å². The lowest BCUT2D eigenvalue weighted by molar-refractivity contribution is 0.103. The van der Waals surface area contributed by atoms with E-state index < -0.39 is 0 Å². The number of rotatable bonds is 4. The smallest absolute Gasteiger partial charge is 0.324 e. The number of oxazole rings is 1. The van der Waals surface area contributed by atoms with Crippen molar-refractivity contribution in [3.63, 3.8) is 0 Å². The molecule has 0 saturated heterocycles. The molecule has 0 fully saturated rings. The van der Waals surface area contributed by atoms with Crippen molar-refractivity contribution in [2.45, 2.75) is 6.92 Å². The van der Waals surface area contributed by atoms with E-state index in [0.717, 1.165) is 5.52 Å². The number of amides is 3. The van der Waals surface area contributed by atoms with E-state index in [0.29, 0.717) is 32.7 Å². The highest BCUT2D eigenvalue weighted by atomic mass is 32.1. The molecule has 0 unspecified atom stereocenters. The van der Waals surface area contributed by atoms with E-state index in [2.05, 4.69) is 20.9 Å². The van der Waals surface area contributed by atoms with Gasteiger partial charge in [-0.15, -0.1) is 11.3 Å². The predicted octanol–water partition coefficient (Wildman–Crippen LogP) is 5.09. The number of fused-ring (bicyclic) bond motifs is 1. The first-order chi connectivity index (χ1) is 13.6. The van der Waals surface area contributed by atoms with Crippen LogP contribution >= 0.6 is 11.3 Å². The van der Waals surface area contributed by atoms with E-state index in [1.54, 1.807) is 49.4 Å². The lowest BCUT2D eigenvalue weighted by Crippen LogP contribution is -2.18. The molecular weight excluding hydrogens is 376 g/mol. The topological polar surface area (TPSA) is 96.3 Å². The zero-order valence-corrected chi connectivity index (χ0v) is 15.7. The van der Waals surface area contributed by atoms with Gasteiger partial charge in [-0.3, -0.25) is 10.1 Å². The van der Waals surface area contributed by atoms with Gasteiger partial charge < -0.3 is 15.1 Å². The second-order valence-corrected chi connectivity index (χ2v) is 7.06. The summed E-state index contributed by atoms with van der Waals surface area (Å²) in [6.45, 7) is 1.77. The zero-order chi connectivity index (χ0) is 19.5. The van der Waals surface area contributed by atoms with Gasteiger partial charge in [0.15, 0.2) is 11.5 Å². The molecule has 0 saturated carbocycles. The van der Waals surface area contributed by atoms with Crippen LogP contribution in [0, 0.1) is 6.92 Å². The van der Waals surface area contributed by atoms with Gasteiger partial charge in [0.25, 0.3) is 5.91 Å². The van der Waals surface area contributed by atoms with Crippen molar-refractivity contribution in [2.75, 3.05) is 16.0 Å². The molecule has 3 amide bonds. The summed E-state index contributed by atoms with van der Waals surface area (Å²) in [6, 6.07) is 17.4. The van der Waals surface area contributed by atoms with Crippen molar-refractivity contribution in [1.82, 2.24) is 4.98 Å². The Kier molecular flexibility index (Phi) is 4.77. The van der Waals surface area contributed by atoms with Gasteiger partial charge in [0, 0.05) is 24.4 Å². The molecule has 2 heterocycles. The van der Waals surface area contributed by atoms with Crippen molar-refractivity contribution in [1.29, 1.82) is 0 Å². The number of carbonyl (C=O) groups excluding carboxylic acids is 2. The molecule has 4 aromatic rings. The lowest BCUT2D eigenvalue weighted by atomic mass is 10.3. The van der Waals surface area contributed by atoms with Gasteiger partial charge in [0.2, 0.25) is 0 Å². The van der Waals surface area contributed by atoms with Crippen LogP contribution in [-0.4, -0.2) is 16.9 Å². The molecule has 140 valence electrons. The molecule has 7 nitrogen and oxygen atoms in total. The van der Waals surface area contributed by atoms with E-state index in [9.17, 15) is 9.59 Å². The average molecular weight is 392 g/mol. The summed E-state index contributed by atoms with van der Waals surface area (Å²) in [7, 11) is 0. The Labute approximate surface area is 164 Å². The molecule has 3 N–H and O–H groups in total. The highest BCUT2D eigenvalue weighted by Gasteiger charge is 2.12. The molecule has 28 heavy (non-hydrogen) atoms. The number of aromatic nitrogens is 1. The minimum Gasteiger partial charge on any atom is -0.441 e. The number of para-hydroxylation sites is 1. The Morgan fingerprint density at radius 3 is 2.57 bits per heavy atom. The lowest BCUT2D eigenvalue weighted by Gasteiger charge is -2.05. The van der Waals surface area contributed by atoms with Crippen LogP contribution in [-0.2, 0) is 0 Å². The molecule has 8 heteroatoms. The second kappa shape index (κ2) is 7.53. The average Bonchev–Trinajstić information content (AvgIpc) is 3.27. The summed E-state index contributed by atoms with van der Waals surface area (Å²) in [5, 5.41) is 8.84. The summed E-state index contributed by atoms with van der Waals surface area (Å²) in [5.74, 6) is 0.304. The number of benzene rings is 2. The minimum atomic E-state index is -0.369. The first-order valence-corrected chi connectivity index (χ1v) is 9.30. The second-order valence-electron chi connectivity index (χ2n) is 5.98. The van der Waals surface area contributed by atoms with Crippen LogP contribution in [0.3, 0.4) is 0 Å². The number of anilines is 3. The van der Waals surface area contributed by atoms with Crippen molar-refractivity contribution in [3.8, 4) is 0 Å². The summed E-state index contributed by atoms with van der Waals surface area (Å²) in [4.78, 5) is 29.2. The van der Waals surface area contributed by atoms with Crippen LogP contribution < -0.4 is 16.0 Å². The van der Waals surface area contributed by atoms with Gasteiger partial charge in [-0.1, -0.05) is 18.2 Å². The molecule has 0 atom stereocenters. The quantitative estimate of drug-likeness (QED) is 0.450. The third-order valence-electron chi connectivity index (χ3n) is 3.85. The highest BCUT2D eigenvalue weighted by molar-refractivity contribution is 7.18. The Morgan fingerprint density at radius 2 is 1.75 bits per heavy atom. The Bertz CT molecular complexity index is 1150. The molecular formula is C20H16N4O3S. The van der Waals surface area contributed by atoms with Crippen LogP contribution in [0.4, 0.5) is 21.2 Å². The maximum Gasteiger partial charge on any atom is 0.324 e. The van der Waals surface area contributed by atoms with Crippen LogP contribution in [0.1, 0.15) is 15.6 Å². The van der Waals surface area contributed by atoms with E-state index in [1.165, 1.54) is 11.3 Å². The van der Waals surface area contributed by atoms with Crippen LogP contribution in [0.15, 0.2) is 65.1 Å². The Balaban J connectivity index is 1.40. The number of hydrogen-bond acceptors (Lipinski definition) is 5. The van der Waals surface area contributed by atoms with E-state index in [4.69, 9.17) is 4.42 Å². The van der Waals surface area contributed by atoms with Gasteiger partial charge in [-0.2, -0.15) is 0 Å². The third-order valence-corrected chi connectivity index (χ3v) is 4.85. The van der Waals surface area contributed by atoms with Crippen molar-refractivity contribution in [2.24, 2.45) is 0 Å². The largest absolute Gasteiger partial charge is 0.441 e. The summed E-state index contributed by atoms with van der Waals surface area (Å²) in [5.41, 5.74) is 2.65. The monoisotopic (exact) mass is 392 g/mol. The molecule has 0 bridgehead atoms. The number of thiophene rings is 1. The molecule has 0 aliphatic heterocycles. The van der Waals surface area contributed by atoms with Gasteiger partial charge in [-0.05, 0) is 36.4 Å². The zero-order valence-electron chi connectivity index (χ0n) is 14.9. The number of nitrogens with zero attached hydrogens (tertiary/aromatic N) is 1. The fourth-order valence-corrected chi connectivity index (χ4v) is 3.43. The number of urea groups is 1. The minimum absolute atomic E-state index is 0.267. The summed E-state index contributed by atoms with van der Waals surface area (Å²) >= 11 is 1.19. The van der Waals surface area contributed by atoms with Crippen LogP contribution in [0.2, 0.25) is 0 Å². The number of carbonyl (C=O) groups is 2. The van der Waals surface area contributed by atoms with Crippen molar-refractivity contribution < 1.29 is 14.0 Å². The van der Waals surface area contributed by atoms with Crippen molar-refractivity contribution >= 4 is 50.8 Å². The molecule has 2 aromatic carbocycles. The standard InChI is InChI=1S/C20H16N4O3S/c1-12-21-15-8-7-14(11-16(15)27-12)22-19(25)17-9-10-18(28-17)24-20(26)23-13-5-3-2-4-6-13/h2-11H,1H3,(H,22,25)(H2,23,24,26). The molecule has 0 aliphatic rings. The molecule has 0 spiro atoms. The van der Waals surface area contributed by atoms with Crippen LogP contribution in [0.25, 0.3) is 11.1 Å². The number of aryl methyl sites for hydroxylation is 1.